The fraction of sp³-hybridized carbons (Fsp3) is 0.174. The fourth-order valence-corrected chi connectivity index (χ4v) is 2.67. The lowest BCUT2D eigenvalue weighted by Gasteiger charge is -2.10. The van der Waals surface area contributed by atoms with Crippen LogP contribution in [0.4, 0.5) is 13.2 Å². The number of rotatable bonds is 7. The van der Waals surface area contributed by atoms with Crippen molar-refractivity contribution in [1.82, 2.24) is 14.9 Å². The summed E-state index contributed by atoms with van der Waals surface area (Å²) < 4.78 is 44.3. The molecular weight excluding hydrogens is 455 g/mol. The highest BCUT2D eigenvalue weighted by Gasteiger charge is 2.38. The molecule has 1 amide bonds. The van der Waals surface area contributed by atoms with Crippen LogP contribution in [0.3, 0.4) is 0 Å². The molecule has 0 aliphatic rings. The zero-order valence-corrected chi connectivity index (χ0v) is 18.2. The number of ether oxygens (including phenoxy) is 2. The number of methoxy groups -OCH3 is 2. The van der Waals surface area contributed by atoms with Gasteiger partial charge in [0.2, 0.25) is 5.91 Å². The largest absolute Gasteiger partial charge is 0.496 e. The van der Waals surface area contributed by atoms with Gasteiger partial charge >= 0.3 is 12.1 Å². The first-order chi connectivity index (χ1) is 16.2. The number of aliphatic carboxylic acids is 1. The molecule has 0 unspecified atom stereocenters. The Morgan fingerprint density at radius 2 is 1.79 bits per heavy atom. The highest BCUT2D eigenvalue weighted by Crippen LogP contribution is 2.24. The van der Waals surface area contributed by atoms with Crippen LogP contribution in [0.15, 0.2) is 67.3 Å². The molecule has 3 aromatic rings. The Kier molecular flexibility index (Phi) is 9.24. The number of nitrogens with zero attached hydrogens (tertiary/aromatic N) is 2. The maximum atomic E-state index is 12.1. The fourth-order valence-electron chi connectivity index (χ4n) is 2.67. The molecule has 3 rings (SSSR count). The molecule has 2 N–H and O–H groups in total. The second kappa shape index (κ2) is 12.1. The van der Waals surface area contributed by atoms with Crippen LogP contribution >= 0.6 is 0 Å². The van der Waals surface area contributed by atoms with E-state index in [2.05, 4.69) is 10.3 Å². The molecular formula is C23H22F3N3O5. The summed E-state index contributed by atoms with van der Waals surface area (Å²) >= 11 is 0. The van der Waals surface area contributed by atoms with Crippen molar-refractivity contribution in [1.29, 1.82) is 0 Å². The van der Waals surface area contributed by atoms with Crippen molar-refractivity contribution in [3.8, 4) is 17.2 Å². The summed E-state index contributed by atoms with van der Waals surface area (Å²) in [6.45, 7) is 0.399. The van der Waals surface area contributed by atoms with Crippen molar-refractivity contribution in [3.05, 3.63) is 78.4 Å². The van der Waals surface area contributed by atoms with E-state index in [9.17, 15) is 18.0 Å². The molecule has 11 heteroatoms. The van der Waals surface area contributed by atoms with E-state index in [1.54, 1.807) is 32.8 Å². The number of para-hydroxylation sites is 1. The van der Waals surface area contributed by atoms with Crippen molar-refractivity contribution in [2.75, 3.05) is 14.2 Å². The van der Waals surface area contributed by atoms with Gasteiger partial charge in [0, 0.05) is 30.6 Å². The van der Waals surface area contributed by atoms with Gasteiger partial charge in [-0.25, -0.2) is 9.78 Å². The lowest BCUT2D eigenvalue weighted by molar-refractivity contribution is -0.192. The van der Waals surface area contributed by atoms with Gasteiger partial charge in [0.1, 0.15) is 11.5 Å². The molecule has 0 radical (unpaired) electrons. The predicted octanol–water partition coefficient (Wildman–Crippen LogP) is 3.85. The van der Waals surface area contributed by atoms with Crippen LogP contribution in [0.1, 0.15) is 11.1 Å². The Hall–Kier alpha value is -4.28. The van der Waals surface area contributed by atoms with Crippen LogP contribution in [0.25, 0.3) is 11.8 Å². The molecule has 0 aliphatic heterocycles. The van der Waals surface area contributed by atoms with Crippen LogP contribution in [0, 0.1) is 0 Å². The lowest BCUT2D eigenvalue weighted by atomic mass is 10.1. The minimum atomic E-state index is -5.08. The smallest absolute Gasteiger partial charge is 0.490 e. The first kappa shape index (κ1) is 26.0. The Labute approximate surface area is 193 Å². The zero-order chi connectivity index (χ0) is 25.1. The SMILES string of the molecule is COc1ccccc1CNC(=O)/C=C/c1ccc(-n2ccnc2)c(OC)c1.O=C(O)C(F)(F)F. The molecule has 0 aliphatic carbocycles. The van der Waals surface area contributed by atoms with Crippen LogP contribution in [-0.4, -0.2) is 46.9 Å². The maximum Gasteiger partial charge on any atom is 0.490 e. The number of aromatic nitrogens is 2. The first-order valence-corrected chi connectivity index (χ1v) is 9.70. The standard InChI is InChI=1S/C21H21N3O3.C2HF3O2/c1-26-19-6-4-3-5-17(19)14-23-21(25)10-8-16-7-9-18(20(13-16)27-2)24-12-11-22-15-24;3-2(4,5)1(6)7/h3-13,15H,14H2,1-2H3,(H,23,25);(H,6,7)/b10-8+;. The quantitative estimate of drug-likeness (QED) is 0.501. The summed E-state index contributed by atoms with van der Waals surface area (Å²) in [4.78, 5) is 25.1. The van der Waals surface area contributed by atoms with Gasteiger partial charge in [-0.1, -0.05) is 24.3 Å². The predicted molar refractivity (Wildman–Crippen MR) is 118 cm³/mol. The van der Waals surface area contributed by atoms with Gasteiger partial charge in [0.05, 0.1) is 26.2 Å². The van der Waals surface area contributed by atoms with Gasteiger partial charge < -0.3 is 24.5 Å². The highest BCUT2D eigenvalue weighted by molar-refractivity contribution is 5.91. The van der Waals surface area contributed by atoms with Crippen LogP contribution < -0.4 is 14.8 Å². The molecule has 180 valence electrons. The first-order valence-electron chi connectivity index (χ1n) is 9.70. The molecule has 0 saturated carbocycles. The number of hydrogen-bond acceptors (Lipinski definition) is 5. The Bertz CT molecular complexity index is 1130. The number of alkyl halides is 3. The third kappa shape index (κ3) is 7.69. The van der Waals surface area contributed by atoms with Crippen molar-refractivity contribution in [3.63, 3.8) is 0 Å². The number of halogens is 3. The van der Waals surface area contributed by atoms with Crippen LogP contribution in [-0.2, 0) is 16.1 Å². The lowest BCUT2D eigenvalue weighted by Crippen LogP contribution is -2.21. The number of imidazole rings is 1. The minimum absolute atomic E-state index is 0.182. The van der Waals surface area contributed by atoms with Gasteiger partial charge in [-0.3, -0.25) is 4.79 Å². The Morgan fingerprint density at radius 3 is 2.38 bits per heavy atom. The number of benzene rings is 2. The normalized spacial score (nSPS) is 10.9. The summed E-state index contributed by atoms with van der Waals surface area (Å²) in [6.07, 6.45) is 3.43. The van der Waals surface area contributed by atoms with E-state index in [0.29, 0.717) is 12.3 Å². The van der Waals surface area contributed by atoms with Gasteiger partial charge in [-0.2, -0.15) is 13.2 Å². The van der Waals surface area contributed by atoms with Gasteiger partial charge in [0.25, 0.3) is 0 Å². The average molecular weight is 477 g/mol. The molecule has 1 aromatic heterocycles. The monoisotopic (exact) mass is 477 g/mol. The average Bonchev–Trinajstić information content (AvgIpc) is 3.36. The maximum absolute atomic E-state index is 12.1. The van der Waals surface area contributed by atoms with Crippen molar-refractivity contribution in [2.45, 2.75) is 12.7 Å². The second-order valence-corrected chi connectivity index (χ2v) is 6.57. The summed E-state index contributed by atoms with van der Waals surface area (Å²) in [5, 5.41) is 9.98. The van der Waals surface area contributed by atoms with Crippen LogP contribution in [0.2, 0.25) is 0 Å². The number of nitrogens with one attached hydrogen (secondary N) is 1. The molecule has 2 aromatic carbocycles. The Morgan fingerprint density at radius 1 is 1.12 bits per heavy atom. The molecule has 34 heavy (non-hydrogen) atoms. The molecule has 1 heterocycles. The molecule has 0 saturated heterocycles. The van der Waals surface area contributed by atoms with Crippen molar-refractivity contribution in [2.24, 2.45) is 0 Å². The highest BCUT2D eigenvalue weighted by atomic mass is 19.4. The molecule has 8 nitrogen and oxygen atoms in total. The zero-order valence-electron chi connectivity index (χ0n) is 18.2. The van der Waals surface area contributed by atoms with E-state index in [4.69, 9.17) is 19.4 Å². The molecule has 0 spiro atoms. The number of carbonyl (C=O) groups is 2. The molecule has 0 atom stereocenters. The van der Waals surface area contributed by atoms with E-state index in [0.717, 1.165) is 22.6 Å². The van der Waals surface area contributed by atoms with E-state index in [1.807, 2.05) is 53.2 Å². The van der Waals surface area contributed by atoms with Gasteiger partial charge in [-0.15, -0.1) is 0 Å². The number of carboxylic acids is 1. The number of carboxylic acid groups (broad SMARTS) is 1. The van der Waals surface area contributed by atoms with Gasteiger partial charge in [-0.05, 0) is 29.8 Å². The Balaban J connectivity index is 0.000000509. The van der Waals surface area contributed by atoms with Crippen molar-refractivity contribution < 1.29 is 37.3 Å². The molecule has 0 bridgehead atoms. The van der Waals surface area contributed by atoms with Crippen molar-refractivity contribution >= 4 is 18.0 Å². The number of amides is 1. The summed E-state index contributed by atoms with van der Waals surface area (Å²) in [5.74, 6) is -1.49. The summed E-state index contributed by atoms with van der Waals surface area (Å²) in [7, 11) is 3.23. The topological polar surface area (TPSA) is 103 Å². The van der Waals surface area contributed by atoms with Crippen LogP contribution in [0.5, 0.6) is 11.5 Å². The third-order valence-electron chi connectivity index (χ3n) is 4.30. The molecule has 0 fully saturated rings. The minimum Gasteiger partial charge on any atom is -0.496 e. The summed E-state index contributed by atoms with van der Waals surface area (Å²) in [5.41, 5.74) is 2.67. The van der Waals surface area contributed by atoms with E-state index < -0.39 is 12.1 Å². The third-order valence-corrected chi connectivity index (χ3v) is 4.30. The number of hydrogen-bond donors (Lipinski definition) is 2. The second-order valence-electron chi connectivity index (χ2n) is 6.57. The number of carbonyl (C=O) groups excluding carboxylic acids is 1. The van der Waals surface area contributed by atoms with E-state index >= 15 is 0 Å². The van der Waals surface area contributed by atoms with E-state index in [-0.39, 0.29) is 5.91 Å². The summed E-state index contributed by atoms with van der Waals surface area (Å²) in [6, 6.07) is 13.3. The van der Waals surface area contributed by atoms with E-state index in [1.165, 1.54) is 6.08 Å². The van der Waals surface area contributed by atoms with Gasteiger partial charge in [0.15, 0.2) is 0 Å².